The van der Waals surface area contributed by atoms with E-state index in [4.69, 9.17) is 20.0 Å². The number of hydrogen-bond acceptors (Lipinski definition) is 5. The summed E-state index contributed by atoms with van der Waals surface area (Å²) in [5.41, 5.74) is 5.46. The van der Waals surface area contributed by atoms with Gasteiger partial charge in [-0.25, -0.2) is 4.79 Å². The van der Waals surface area contributed by atoms with E-state index in [1.54, 1.807) is 0 Å². The number of amides is 1. The van der Waals surface area contributed by atoms with Gasteiger partial charge in [0.25, 0.3) is 0 Å². The van der Waals surface area contributed by atoms with Crippen molar-refractivity contribution in [2.45, 2.75) is 31.6 Å². The number of rotatable bonds is 5. The Balaban J connectivity index is 1.81. The maximum atomic E-state index is 11.8. The SMILES string of the molecule is NCC1CCC(C(=O)NCc2ccc(C(=O)O)o2)O1. The maximum Gasteiger partial charge on any atom is 0.371 e. The first kappa shape index (κ1) is 13.6. The first-order valence-electron chi connectivity index (χ1n) is 6.05. The first-order valence-corrected chi connectivity index (χ1v) is 6.05. The highest BCUT2D eigenvalue weighted by Crippen LogP contribution is 2.19. The molecule has 2 heterocycles. The minimum absolute atomic E-state index is 0.0574. The molecule has 7 nitrogen and oxygen atoms in total. The molecule has 4 N–H and O–H groups in total. The highest BCUT2D eigenvalue weighted by Gasteiger charge is 2.29. The molecule has 1 aliphatic heterocycles. The van der Waals surface area contributed by atoms with Gasteiger partial charge >= 0.3 is 5.97 Å². The predicted molar refractivity (Wildman–Crippen MR) is 64.5 cm³/mol. The molecule has 2 unspecified atom stereocenters. The molecule has 0 radical (unpaired) electrons. The highest BCUT2D eigenvalue weighted by atomic mass is 16.5. The minimum atomic E-state index is -1.14. The molecule has 1 aromatic rings. The Morgan fingerprint density at radius 3 is 2.79 bits per heavy atom. The van der Waals surface area contributed by atoms with Gasteiger partial charge in [0.05, 0.1) is 12.6 Å². The summed E-state index contributed by atoms with van der Waals surface area (Å²) in [6.07, 6.45) is 0.880. The van der Waals surface area contributed by atoms with Crippen LogP contribution >= 0.6 is 0 Å². The Kier molecular flexibility index (Phi) is 4.18. The summed E-state index contributed by atoms with van der Waals surface area (Å²) in [5, 5.41) is 11.3. The Hall–Kier alpha value is -1.86. The van der Waals surface area contributed by atoms with Gasteiger partial charge < -0.3 is 25.3 Å². The number of carbonyl (C=O) groups excluding carboxylic acids is 1. The number of carboxylic acids is 1. The van der Waals surface area contributed by atoms with Crippen LogP contribution in [-0.2, 0) is 16.1 Å². The number of hydrogen-bond donors (Lipinski definition) is 3. The summed E-state index contributed by atoms with van der Waals surface area (Å²) in [4.78, 5) is 22.4. The van der Waals surface area contributed by atoms with Crippen molar-refractivity contribution in [2.24, 2.45) is 5.73 Å². The van der Waals surface area contributed by atoms with E-state index in [2.05, 4.69) is 5.32 Å². The molecule has 1 aliphatic rings. The van der Waals surface area contributed by atoms with Gasteiger partial charge in [-0.15, -0.1) is 0 Å². The molecule has 0 spiro atoms. The summed E-state index contributed by atoms with van der Waals surface area (Å²) >= 11 is 0. The highest BCUT2D eigenvalue weighted by molar-refractivity contribution is 5.84. The Bertz CT molecular complexity index is 470. The molecule has 0 bridgehead atoms. The van der Waals surface area contributed by atoms with Crippen LogP contribution in [0.2, 0.25) is 0 Å². The fourth-order valence-electron chi connectivity index (χ4n) is 1.95. The molecule has 1 saturated heterocycles. The van der Waals surface area contributed by atoms with Gasteiger partial charge in [-0.3, -0.25) is 4.79 Å². The largest absolute Gasteiger partial charge is 0.475 e. The zero-order valence-corrected chi connectivity index (χ0v) is 10.3. The first-order chi connectivity index (χ1) is 9.10. The summed E-state index contributed by atoms with van der Waals surface area (Å²) in [5.74, 6) is -1.13. The van der Waals surface area contributed by atoms with Crippen molar-refractivity contribution in [3.63, 3.8) is 0 Å². The van der Waals surface area contributed by atoms with Crippen LogP contribution in [0.3, 0.4) is 0 Å². The normalized spacial score (nSPS) is 22.4. The van der Waals surface area contributed by atoms with E-state index in [9.17, 15) is 9.59 Å². The quantitative estimate of drug-likeness (QED) is 0.697. The number of ether oxygens (including phenoxy) is 1. The van der Waals surface area contributed by atoms with Gasteiger partial charge in [0.2, 0.25) is 11.7 Å². The monoisotopic (exact) mass is 268 g/mol. The number of nitrogens with one attached hydrogen (secondary N) is 1. The second kappa shape index (κ2) is 5.85. The van der Waals surface area contributed by atoms with E-state index in [0.717, 1.165) is 6.42 Å². The molecule has 1 aromatic heterocycles. The van der Waals surface area contributed by atoms with Crippen LogP contribution < -0.4 is 11.1 Å². The third-order valence-electron chi connectivity index (χ3n) is 2.97. The second-order valence-electron chi connectivity index (χ2n) is 4.35. The lowest BCUT2D eigenvalue weighted by Crippen LogP contribution is -2.35. The average Bonchev–Trinajstić information content (AvgIpc) is 3.04. The van der Waals surface area contributed by atoms with Gasteiger partial charge in [-0.1, -0.05) is 0 Å². The fourth-order valence-corrected chi connectivity index (χ4v) is 1.95. The third kappa shape index (κ3) is 3.33. The summed E-state index contributed by atoms with van der Waals surface area (Å²) in [7, 11) is 0. The lowest BCUT2D eigenvalue weighted by atomic mass is 10.2. The van der Waals surface area contributed by atoms with Gasteiger partial charge in [0.15, 0.2) is 0 Å². The molecule has 7 heteroatoms. The van der Waals surface area contributed by atoms with Crippen molar-refractivity contribution in [1.29, 1.82) is 0 Å². The molecular weight excluding hydrogens is 252 g/mol. The maximum absolute atomic E-state index is 11.8. The van der Waals surface area contributed by atoms with Crippen LogP contribution in [0.1, 0.15) is 29.2 Å². The zero-order chi connectivity index (χ0) is 13.8. The van der Waals surface area contributed by atoms with Crippen molar-refractivity contribution in [3.8, 4) is 0 Å². The lowest BCUT2D eigenvalue weighted by molar-refractivity contribution is -0.132. The third-order valence-corrected chi connectivity index (χ3v) is 2.97. The van der Waals surface area contributed by atoms with Gasteiger partial charge in [0.1, 0.15) is 11.9 Å². The van der Waals surface area contributed by atoms with Gasteiger partial charge in [-0.2, -0.15) is 0 Å². The van der Waals surface area contributed by atoms with E-state index in [1.807, 2.05) is 0 Å². The number of nitrogens with two attached hydrogens (primary N) is 1. The van der Waals surface area contributed by atoms with Crippen molar-refractivity contribution >= 4 is 11.9 Å². The molecule has 1 fully saturated rings. The molecule has 2 atom stereocenters. The second-order valence-corrected chi connectivity index (χ2v) is 4.35. The van der Waals surface area contributed by atoms with E-state index in [-0.39, 0.29) is 24.3 Å². The van der Waals surface area contributed by atoms with Crippen molar-refractivity contribution < 1.29 is 23.8 Å². The predicted octanol–water partition coefficient (Wildman–Crippen LogP) is 0.100. The molecule has 19 heavy (non-hydrogen) atoms. The minimum Gasteiger partial charge on any atom is -0.475 e. The van der Waals surface area contributed by atoms with Crippen LogP contribution in [0, 0.1) is 0 Å². The number of carboxylic acid groups (broad SMARTS) is 1. The molecule has 0 saturated carbocycles. The molecule has 0 aromatic carbocycles. The Morgan fingerprint density at radius 2 is 2.21 bits per heavy atom. The van der Waals surface area contributed by atoms with E-state index >= 15 is 0 Å². The Morgan fingerprint density at radius 1 is 1.42 bits per heavy atom. The van der Waals surface area contributed by atoms with Crippen molar-refractivity contribution in [3.05, 3.63) is 23.7 Å². The Labute approximate surface area is 109 Å². The molecule has 2 rings (SSSR count). The molecular formula is C12H16N2O5. The fraction of sp³-hybridized carbons (Fsp3) is 0.500. The van der Waals surface area contributed by atoms with Crippen LogP contribution in [0.4, 0.5) is 0 Å². The van der Waals surface area contributed by atoms with Gasteiger partial charge in [0, 0.05) is 6.54 Å². The number of furan rings is 1. The molecule has 0 aliphatic carbocycles. The van der Waals surface area contributed by atoms with E-state index in [1.165, 1.54) is 12.1 Å². The van der Waals surface area contributed by atoms with Crippen LogP contribution in [0.5, 0.6) is 0 Å². The summed E-state index contributed by atoms with van der Waals surface area (Å²) in [6, 6.07) is 2.86. The zero-order valence-electron chi connectivity index (χ0n) is 10.3. The standard InChI is InChI=1S/C12H16N2O5/c13-5-7-1-3-9(18-7)11(15)14-6-8-2-4-10(19-8)12(16)17/h2,4,7,9H,1,3,5-6,13H2,(H,14,15)(H,16,17). The smallest absolute Gasteiger partial charge is 0.371 e. The average molecular weight is 268 g/mol. The topological polar surface area (TPSA) is 115 Å². The number of carbonyl (C=O) groups is 2. The van der Waals surface area contributed by atoms with Crippen LogP contribution in [-0.4, -0.2) is 35.7 Å². The van der Waals surface area contributed by atoms with Gasteiger partial charge in [-0.05, 0) is 25.0 Å². The lowest BCUT2D eigenvalue weighted by Gasteiger charge is -2.11. The van der Waals surface area contributed by atoms with Crippen molar-refractivity contribution in [2.75, 3.05) is 6.54 Å². The van der Waals surface area contributed by atoms with Crippen LogP contribution in [0.25, 0.3) is 0 Å². The number of aromatic carboxylic acids is 1. The van der Waals surface area contributed by atoms with Crippen LogP contribution in [0.15, 0.2) is 16.5 Å². The molecule has 1 amide bonds. The van der Waals surface area contributed by atoms with E-state index in [0.29, 0.717) is 18.7 Å². The summed E-state index contributed by atoms with van der Waals surface area (Å²) in [6.45, 7) is 0.545. The summed E-state index contributed by atoms with van der Waals surface area (Å²) < 4.78 is 10.5. The van der Waals surface area contributed by atoms with E-state index < -0.39 is 12.1 Å². The molecule has 104 valence electrons. The van der Waals surface area contributed by atoms with Crippen molar-refractivity contribution in [1.82, 2.24) is 5.32 Å².